The lowest BCUT2D eigenvalue weighted by molar-refractivity contribution is 0.0446. The Morgan fingerprint density at radius 1 is 1.11 bits per heavy atom. The van der Waals surface area contributed by atoms with E-state index in [9.17, 15) is 5.11 Å². The van der Waals surface area contributed by atoms with Gasteiger partial charge in [0.15, 0.2) is 0 Å². The Bertz CT molecular complexity index is 421. The van der Waals surface area contributed by atoms with Gasteiger partial charge in [-0.1, -0.05) is 56.9 Å². The van der Waals surface area contributed by atoms with Crippen LogP contribution in [0.15, 0.2) is 24.3 Å². The summed E-state index contributed by atoms with van der Waals surface area (Å²) in [6, 6.07) is 8.62. The number of rotatable bonds is 4. The lowest BCUT2D eigenvalue weighted by Crippen LogP contribution is -2.25. The molecule has 0 radical (unpaired) electrons. The molecule has 1 nitrogen and oxygen atoms in total. The average molecular weight is 258 g/mol. The Hall–Kier alpha value is -0.820. The molecule has 0 saturated heterocycles. The highest BCUT2D eigenvalue weighted by molar-refractivity contribution is 5.35. The summed E-state index contributed by atoms with van der Waals surface area (Å²) in [5.74, 6) is 1.93. The third kappa shape index (κ3) is 2.72. The van der Waals surface area contributed by atoms with Crippen LogP contribution in [0.4, 0.5) is 0 Å². The predicted octanol–water partition coefficient (Wildman–Crippen LogP) is 4.81. The standard InChI is InChI=1S/C18H26O/c1-2-13-7-3-4-9-16(13)18(19)17-10-6-5-8-15(17)14-11-12-14/h5-6,8,10,13-14,16,18-19H,2-4,7,9,11-12H2,1H3. The molecule has 1 aromatic rings. The molecule has 0 aromatic heterocycles. The monoisotopic (exact) mass is 258 g/mol. The summed E-state index contributed by atoms with van der Waals surface area (Å²) in [6.07, 6.45) is 8.77. The SMILES string of the molecule is CCC1CCCCC1C(O)c1ccccc1C1CC1. The van der Waals surface area contributed by atoms with Gasteiger partial charge >= 0.3 is 0 Å². The maximum Gasteiger partial charge on any atom is 0.0823 e. The highest BCUT2D eigenvalue weighted by Gasteiger charge is 2.34. The summed E-state index contributed by atoms with van der Waals surface area (Å²) in [5.41, 5.74) is 2.66. The van der Waals surface area contributed by atoms with Crippen LogP contribution in [-0.2, 0) is 0 Å². The molecule has 1 aromatic carbocycles. The zero-order valence-electron chi connectivity index (χ0n) is 12.0. The van der Waals surface area contributed by atoms with Crippen molar-refractivity contribution in [3.63, 3.8) is 0 Å². The van der Waals surface area contributed by atoms with Gasteiger partial charge in [-0.25, -0.2) is 0 Å². The third-order valence-corrected chi connectivity index (χ3v) is 5.23. The van der Waals surface area contributed by atoms with Crippen molar-refractivity contribution in [1.29, 1.82) is 0 Å². The fourth-order valence-corrected chi connectivity index (χ4v) is 3.94. The van der Waals surface area contributed by atoms with Crippen LogP contribution in [-0.4, -0.2) is 5.11 Å². The van der Waals surface area contributed by atoms with Crippen LogP contribution in [0.1, 0.15) is 75.0 Å². The first-order valence-corrected chi connectivity index (χ1v) is 8.08. The number of aliphatic hydroxyl groups excluding tert-OH is 1. The Labute approximate surface area is 117 Å². The van der Waals surface area contributed by atoms with Crippen molar-refractivity contribution in [2.24, 2.45) is 11.8 Å². The topological polar surface area (TPSA) is 20.2 Å². The molecule has 0 bridgehead atoms. The van der Waals surface area contributed by atoms with Gasteiger partial charge in [-0.3, -0.25) is 0 Å². The van der Waals surface area contributed by atoms with E-state index in [4.69, 9.17) is 0 Å². The maximum atomic E-state index is 10.9. The van der Waals surface area contributed by atoms with Crippen LogP contribution in [0.3, 0.4) is 0 Å². The largest absolute Gasteiger partial charge is 0.388 e. The molecule has 2 aliphatic carbocycles. The molecule has 0 heterocycles. The molecule has 1 heteroatoms. The quantitative estimate of drug-likeness (QED) is 0.821. The number of hydrogen-bond donors (Lipinski definition) is 1. The summed E-state index contributed by atoms with van der Waals surface area (Å²) in [5, 5.41) is 10.9. The fourth-order valence-electron chi connectivity index (χ4n) is 3.94. The molecule has 2 aliphatic rings. The van der Waals surface area contributed by atoms with Gasteiger partial charge < -0.3 is 5.11 Å². The van der Waals surface area contributed by atoms with Crippen LogP contribution in [0.25, 0.3) is 0 Å². The highest BCUT2D eigenvalue weighted by atomic mass is 16.3. The molecule has 0 amide bonds. The molecular formula is C18H26O. The Kier molecular flexibility index (Phi) is 3.93. The van der Waals surface area contributed by atoms with Crippen molar-refractivity contribution in [2.45, 2.75) is 63.9 Å². The molecular weight excluding hydrogens is 232 g/mol. The number of hydrogen-bond acceptors (Lipinski definition) is 1. The lowest BCUT2D eigenvalue weighted by atomic mass is 9.73. The molecule has 3 rings (SSSR count). The van der Waals surface area contributed by atoms with Crippen LogP contribution < -0.4 is 0 Å². The first-order chi connectivity index (χ1) is 9.31. The fraction of sp³-hybridized carbons (Fsp3) is 0.667. The Morgan fingerprint density at radius 3 is 2.58 bits per heavy atom. The van der Waals surface area contributed by atoms with Crippen molar-refractivity contribution in [3.05, 3.63) is 35.4 Å². The number of aliphatic hydroxyl groups is 1. The summed E-state index contributed by atoms with van der Waals surface area (Å²) in [7, 11) is 0. The molecule has 3 unspecified atom stereocenters. The second kappa shape index (κ2) is 5.66. The van der Waals surface area contributed by atoms with Gasteiger partial charge in [0.25, 0.3) is 0 Å². The average Bonchev–Trinajstić information content (AvgIpc) is 3.31. The molecule has 0 spiro atoms. The Balaban J connectivity index is 1.84. The van der Waals surface area contributed by atoms with Gasteiger partial charge in [0, 0.05) is 0 Å². The smallest absolute Gasteiger partial charge is 0.0823 e. The zero-order chi connectivity index (χ0) is 13.2. The van der Waals surface area contributed by atoms with Gasteiger partial charge in [-0.2, -0.15) is 0 Å². The van der Waals surface area contributed by atoms with Gasteiger partial charge in [-0.05, 0) is 48.1 Å². The molecule has 104 valence electrons. The van der Waals surface area contributed by atoms with Gasteiger partial charge in [0.1, 0.15) is 0 Å². The van der Waals surface area contributed by atoms with Gasteiger partial charge in [0.05, 0.1) is 6.10 Å². The summed E-state index contributed by atoms with van der Waals surface area (Å²) in [4.78, 5) is 0. The van der Waals surface area contributed by atoms with E-state index in [2.05, 4.69) is 31.2 Å². The van der Waals surface area contributed by atoms with E-state index in [-0.39, 0.29) is 6.10 Å². The Morgan fingerprint density at radius 2 is 1.84 bits per heavy atom. The molecule has 2 fully saturated rings. The minimum Gasteiger partial charge on any atom is -0.388 e. The molecule has 2 saturated carbocycles. The van der Waals surface area contributed by atoms with E-state index in [1.165, 1.54) is 56.1 Å². The van der Waals surface area contributed by atoms with E-state index >= 15 is 0 Å². The van der Waals surface area contributed by atoms with Crippen molar-refractivity contribution in [2.75, 3.05) is 0 Å². The van der Waals surface area contributed by atoms with E-state index < -0.39 is 0 Å². The summed E-state index contributed by atoms with van der Waals surface area (Å²) >= 11 is 0. The molecule has 1 N–H and O–H groups in total. The van der Waals surface area contributed by atoms with Gasteiger partial charge in [-0.15, -0.1) is 0 Å². The zero-order valence-corrected chi connectivity index (χ0v) is 12.0. The molecule has 0 aliphatic heterocycles. The van der Waals surface area contributed by atoms with Crippen molar-refractivity contribution >= 4 is 0 Å². The second-order valence-electron chi connectivity index (χ2n) is 6.46. The van der Waals surface area contributed by atoms with E-state index in [1.54, 1.807) is 0 Å². The summed E-state index contributed by atoms with van der Waals surface area (Å²) in [6.45, 7) is 2.28. The molecule has 3 atom stereocenters. The summed E-state index contributed by atoms with van der Waals surface area (Å²) < 4.78 is 0. The second-order valence-corrected chi connectivity index (χ2v) is 6.46. The van der Waals surface area contributed by atoms with Crippen LogP contribution in [0.2, 0.25) is 0 Å². The lowest BCUT2D eigenvalue weighted by Gasteiger charge is -2.35. The first kappa shape index (κ1) is 13.2. The maximum absolute atomic E-state index is 10.9. The van der Waals surface area contributed by atoms with Crippen molar-refractivity contribution in [3.8, 4) is 0 Å². The van der Waals surface area contributed by atoms with Crippen LogP contribution >= 0.6 is 0 Å². The molecule has 19 heavy (non-hydrogen) atoms. The van der Waals surface area contributed by atoms with Crippen molar-refractivity contribution in [1.82, 2.24) is 0 Å². The third-order valence-electron chi connectivity index (χ3n) is 5.23. The minimum atomic E-state index is -0.234. The van der Waals surface area contributed by atoms with Crippen LogP contribution in [0, 0.1) is 11.8 Å². The minimum absolute atomic E-state index is 0.234. The van der Waals surface area contributed by atoms with E-state index in [0.717, 1.165) is 11.8 Å². The van der Waals surface area contributed by atoms with Crippen molar-refractivity contribution < 1.29 is 5.11 Å². The number of benzene rings is 1. The first-order valence-electron chi connectivity index (χ1n) is 8.08. The van der Waals surface area contributed by atoms with E-state index in [1.807, 2.05) is 0 Å². The highest BCUT2D eigenvalue weighted by Crippen LogP contribution is 2.46. The normalized spacial score (nSPS) is 29.2. The van der Waals surface area contributed by atoms with Crippen LogP contribution in [0.5, 0.6) is 0 Å². The predicted molar refractivity (Wildman–Crippen MR) is 79.1 cm³/mol. The van der Waals surface area contributed by atoms with Gasteiger partial charge in [0.2, 0.25) is 0 Å². The van der Waals surface area contributed by atoms with E-state index in [0.29, 0.717) is 5.92 Å².